The fraction of sp³-hybridized carbons (Fsp3) is 0.0625. The van der Waals surface area contributed by atoms with Crippen LogP contribution in [0.3, 0.4) is 0 Å². The van der Waals surface area contributed by atoms with Crippen molar-refractivity contribution in [1.82, 2.24) is 0 Å². The lowest BCUT2D eigenvalue weighted by Gasteiger charge is -2.18. The van der Waals surface area contributed by atoms with E-state index in [1.807, 2.05) is 67.6 Å². The van der Waals surface area contributed by atoms with E-state index in [4.69, 9.17) is 9.05 Å². The Bertz CT molecular complexity index is 518. The average molecular weight is 270 g/mol. The van der Waals surface area contributed by atoms with E-state index in [2.05, 4.69) is 12.3 Å². The van der Waals surface area contributed by atoms with Crippen LogP contribution < -0.4 is 9.05 Å². The van der Waals surface area contributed by atoms with Gasteiger partial charge in [-0.2, -0.15) is 0 Å². The molecule has 0 spiro atoms. The zero-order valence-electron chi connectivity index (χ0n) is 10.7. The van der Waals surface area contributed by atoms with E-state index in [0.717, 1.165) is 16.8 Å². The number of para-hydroxylation sites is 2. The van der Waals surface area contributed by atoms with Gasteiger partial charge in [0.25, 0.3) is 0 Å². The van der Waals surface area contributed by atoms with Crippen molar-refractivity contribution < 1.29 is 9.05 Å². The summed E-state index contributed by atoms with van der Waals surface area (Å²) in [6.07, 6.45) is 0. The standard InChI is InChI=1S/C16H15O2P/c1-3-14(2)19(17-15-10-6-4-7-11-15)18-16-12-8-5-9-13-16/h4-13H,1H2,2H3. The highest BCUT2D eigenvalue weighted by atomic mass is 31.2. The Morgan fingerprint density at radius 2 is 1.32 bits per heavy atom. The molecule has 0 saturated heterocycles. The molecule has 0 aliphatic rings. The minimum absolute atomic E-state index is 0.777. The molecule has 0 unspecified atom stereocenters. The topological polar surface area (TPSA) is 18.5 Å². The van der Waals surface area contributed by atoms with Crippen LogP contribution in [0.5, 0.6) is 11.5 Å². The Morgan fingerprint density at radius 3 is 1.68 bits per heavy atom. The van der Waals surface area contributed by atoms with Crippen molar-refractivity contribution in [3.63, 3.8) is 0 Å². The van der Waals surface area contributed by atoms with E-state index in [1.165, 1.54) is 0 Å². The molecule has 2 nitrogen and oxygen atoms in total. The first-order valence-electron chi connectivity index (χ1n) is 5.92. The first kappa shape index (κ1) is 13.4. The van der Waals surface area contributed by atoms with Crippen LogP contribution in [0.1, 0.15) is 6.92 Å². The van der Waals surface area contributed by atoms with Crippen LogP contribution in [-0.4, -0.2) is 0 Å². The molecule has 0 aliphatic carbocycles. The minimum atomic E-state index is -1.23. The molecule has 0 atom stereocenters. The summed E-state index contributed by atoms with van der Waals surface area (Å²) in [6.45, 7) is 5.57. The average Bonchev–Trinajstić information content (AvgIpc) is 2.48. The quantitative estimate of drug-likeness (QED) is 0.553. The SMILES string of the molecule is C=C=C(C)P(Oc1ccccc1)Oc1ccccc1. The summed E-state index contributed by atoms with van der Waals surface area (Å²) in [5.41, 5.74) is 2.85. The van der Waals surface area contributed by atoms with Crippen molar-refractivity contribution >= 4 is 8.38 Å². The summed E-state index contributed by atoms with van der Waals surface area (Å²) >= 11 is 0. The van der Waals surface area contributed by atoms with Crippen molar-refractivity contribution in [2.75, 3.05) is 0 Å². The Morgan fingerprint density at radius 1 is 0.895 bits per heavy atom. The van der Waals surface area contributed by atoms with Gasteiger partial charge in [0.05, 0.1) is 5.31 Å². The largest absolute Gasteiger partial charge is 0.435 e. The molecule has 0 aromatic heterocycles. The molecule has 2 aromatic rings. The van der Waals surface area contributed by atoms with Gasteiger partial charge in [-0.15, -0.1) is 5.73 Å². The van der Waals surface area contributed by atoms with E-state index in [-0.39, 0.29) is 0 Å². The Hall–Kier alpha value is -2.01. The van der Waals surface area contributed by atoms with Gasteiger partial charge in [-0.1, -0.05) is 43.0 Å². The van der Waals surface area contributed by atoms with Crippen LogP contribution in [0.15, 0.2) is 78.3 Å². The van der Waals surface area contributed by atoms with Gasteiger partial charge in [-0.3, -0.25) is 0 Å². The second-order valence-electron chi connectivity index (χ2n) is 3.83. The molecular weight excluding hydrogens is 255 g/mol. The third kappa shape index (κ3) is 3.99. The third-order valence-corrected chi connectivity index (χ3v) is 3.85. The van der Waals surface area contributed by atoms with Crippen molar-refractivity contribution in [3.8, 4) is 11.5 Å². The summed E-state index contributed by atoms with van der Waals surface area (Å²) in [7, 11) is -1.23. The maximum Gasteiger partial charge on any atom is 0.329 e. The fourth-order valence-electron chi connectivity index (χ4n) is 1.37. The molecular formula is C16H15O2P. The molecule has 0 radical (unpaired) electrons. The summed E-state index contributed by atoms with van der Waals surface area (Å²) in [5.74, 6) is 1.55. The predicted octanol–water partition coefficient (Wildman–Crippen LogP) is 5.15. The van der Waals surface area contributed by atoms with E-state index in [1.54, 1.807) is 0 Å². The molecule has 0 fully saturated rings. The zero-order valence-corrected chi connectivity index (χ0v) is 11.6. The van der Waals surface area contributed by atoms with Crippen molar-refractivity contribution in [1.29, 1.82) is 0 Å². The molecule has 0 aliphatic heterocycles. The van der Waals surface area contributed by atoms with Gasteiger partial charge in [0.1, 0.15) is 11.5 Å². The highest BCUT2D eigenvalue weighted by Crippen LogP contribution is 2.46. The zero-order chi connectivity index (χ0) is 13.5. The Balaban J connectivity index is 2.15. The molecule has 0 saturated carbocycles. The van der Waals surface area contributed by atoms with Crippen LogP contribution >= 0.6 is 8.38 Å². The molecule has 3 heteroatoms. The van der Waals surface area contributed by atoms with E-state index in [9.17, 15) is 0 Å². The first-order valence-corrected chi connectivity index (χ1v) is 7.10. The third-order valence-electron chi connectivity index (χ3n) is 2.39. The minimum Gasteiger partial charge on any atom is -0.435 e. The van der Waals surface area contributed by atoms with Gasteiger partial charge in [0, 0.05) is 0 Å². The monoisotopic (exact) mass is 270 g/mol. The van der Waals surface area contributed by atoms with Gasteiger partial charge in [-0.25, -0.2) is 0 Å². The summed E-state index contributed by atoms with van der Waals surface area (Å²) in [5, 5.41) is 0.864. The molecule has 0 N–H and O–H groups in total. The van der Waals surface area contributed by atoms with Crippen LogP contribution in [-0.2, 0) is 0 Å². The fourth-order valence-corrected chi connectivity index (χ4v) is 2.44. The van der Waals surface area contributed by atoms with Gasteiger partial charge in [0.15, 0.2) is 0 Å². The molecule has 19 heavy (non-hydrogen) atoms. The highest BCUT2D eigenvalue weighted by Gasteiger charge is 2.17. The maximum atomic E-state index is 5.87. The highest BCUT2D eigenvalue weighted by molar-refractivity contribution is 7.52. The molecule has 96 valence electrons. The van der Waals surface area contributed by atoms with Crippen molar-refractivity contribution in [2.45, 2.75) is 6.92 Å². The number of rotatable bonds is 5. The summed E-state index contributed by atoms with van der Waals surface area (Å²) in [4.78, 5) is 0. The number of benzene rings is 2. The van der Waals surface area contributed by atoms with E-state index >= 15 is 0 Å². The van der Waals surface area contributed by atoms with Crippen molar-refractivity contribution in [3.05, 3.63) is 78.3 Å². The van der Waals surface area contributed by atoms with E-state index < -0.39 is 8.38 Å². The Kier molecular flexibility index (Phi) is 4.80. The number of hydrogen-bond acceptors (Lipinski definition) is 2. The number of hydrogen-bond donors (Lipinski definition) is 0. The van der Waals surface area contributed by atoms with Gasteiger partial charge >= 0.3 is 8.38 Å². The first-order chi connectivity index (χ1) is 9.29. The van der Waals surface area contributed by atoms with Crippen LogP contribution in [0.4, 0.5) is 0 Å². The lowest BCUT2D eigenvalue weighted by atomic mass is 10.3. The van der Waals surface area contributed by atoms with Gasteiger partial charge in [0.2, 0.25) is 0 Å². The summed E-state index contributed by atoms with van der Waals surface area (Å²) < 4.78 is 11.7. The van der Waals surface area contributed by atoms with Gasteiger partial charge < -0.3 is 9.05 Å². The Labute approximate surface area is 114 Å². The predicted molar refractivity (Wildman–Crippen MR) is 79.4 cm³/mol. The molecule has 0 heterocycles. The lowest BCUT2D eigenvalue weighted by Crippen LogP contribution is -1.96. The molecule has 0 amide bonds. The maximum absolute atomic E-state index is 5.87. The lowest BCUT2D eigenvalue weighted by molar-refractivity contribution is 0.497. The summed E-state index contributed by atoms with van der Waals surface area (Å²) in [6, 6.07) is 19.2. The van der Waals surface area contributed by atoms with Crippen LogP contribution in [0, 0.1) is 0 Å². The van der Waals surface area contributed by atoms with Crippen molar-refractivity contribution in [2.24, 2.45) is 0 Å². The van der Waals surface area contributed by atoms with Crippen LogP contribution in [0.2, 0.25) is 0 Å². The molecule has 2 rings (SSSR count). The van der Waals surface area contributed by atoms with Gasteiger partial charge in [-0.05, 0) is 31.2 Å². The number of allylic oxidation sites excluding steroid dienone is 1. The molecule has 0 bridgehead atoms. The normalized spacial score (nSPS) is 9.79. The van der Waals surface area contributed by atoms with E-state index in [0.29, 0.717) is 0 Å². The van der Waals surface area contributed by atoms with Crippen LogP contribution in [0.25, 0.3) is 0 Å². The second kappa shape index (κ2) is 6.80. The smallest absolute Gasteiger partial charge is 0.329 e. The second-order valence-corrected chi connectivity index (χ2v) is 5.38. The molecule has 2 aromatic carbocycles.